The summed E-state index contributed by atoms with van der Waals surface area (Å²) in [5, 5.41) is 14.3. The van der Waals surface area contributed by atoms with E-state index in [0.717, 1.165) is 36.5 Å². The minimum Gasteiger partial charge on any atom is -0.376 e. The average molecular weight is 291 g/mol. The third-order valence-electron chi connectivity index (χ3n) is 4.17. The number of carbonyl (C=O) groups is 1. The number of carbonyl (C=O) groups excluding carboxylic acids is 1. The highest BCUT2D eigenvalue weighted by Gasteiger charge is 2.29. The Morgan fingerprint density at radius 1 is 1.48 bits per heavy atom. The number of hydrogen-bond donors (Lipinski definition) is 2. The summed E-state index contributed by atoms with van der Waals surface area (Å²) >= 11 is 0. The van der Waals surface area contributed by atoms with Crippen molar-refractivity contribution in [3.05, 3.63) is 17.3 Å². The number of fused-ring (bicyclic) bond motifs is 1. The lowest BCUT2D eigenvalue weighted by Gasteiger charge is -2.30. The Morgan fingerprint density at radius 3 is 3.05 bits per heavy atom. The third kappa shape index (κ3) is 2.92. The van der Waals surface area contributed by atoms with E-state index in [9.17, 15) is 4.79 Å². The first-order chi connectivity index (χ1) is 10.2. The van der Waals surface area contributed by atoms with Crippen molar-refractivity contribution in [1.29, 1.82) is 0 Å². The molecule has 0 aromatic carbocycles. The largest absolute Gasteiger partial charge is 0.376 e. The molecule has 0 bridgehead atoms. The molecule has 3 heterocycles. The quantitative estimate of drug-likeness (QED) is 0.841. The molecule has 0 aliphatic carbocycles. The molecule has 0 radical (unpaired) electrons. The Balaban J connectivity index is 1.66. The monoisotopic (exact) mass is 291 g/mol. The van der Waals surface area contributed by atoms with Gasteiger partial charge in [0.25, 0.3) is 0 Å². The SMILES string of the molecule is CNc1cc2c(nn1)CCN(C(=O)N[C@@H]1CCO[C@@H]1C)C2. The van der Waals surface area contributed by atoms with Gasteiger partial charge in [-0.15, -0.1) is 5.10 Å². The molecule has 2 atom stereocenters. The summed E-state index contributed by atoms with van der Waals surface area (Å²) in [6.07, 6.45) is 1.72. The Labute approximate surface area is 124 Å². The zero-order valence-electron chi connectivity index (χ0n) is 12.4. The van der Waals surface area contributed by atoms with E-state index in [1.807, 2.05) is 24.9 Å². The Hall–Kier alpha value is -1.89. The lowest BCUT2D eigenvalue weighted by Crippen LogP contribution is -2.48. The van der Waals surface area contributed by atoms with Crippen LogP contribution in [0.3, 0.4) is 0 Å². The van der Waals surface area contributed by atoms with Crippen LogP contribution in [0.15, 0.2) is 6.07 Å². The van der Waals surface area contributed by atoms with Crippen LogP contribution in [0.5, 0.6) is 0 Å². The van der Waals surface area contributed by atoms with Gasteiger partial charge >= 0.3 is 6.03 Å². The van der Waals surface area contributed by atoms with Gasteiger partial charge in [0.2, 0.25) is 0 Å². The second kappa shape index (κ2) is 5.85. The van der Waals surface area contributed by atoms with E-state index in [0.29, 0.717) is 13.1 Å². The van der Waals surface area contributed by atoms with Crippen molar-refractivity contribution in [2.45, 2.75) is 38.5 Å². The van der Waals surface area contributed by atoms with Crippen LogP contribution in [0.25, 0.3) is 0 Å². The van der Waals surface area contributed by atoms with Gasteiger partial charge in [-0.3, -0.25) is 0 Å². The normalized spacial score (nSPS) is 24.6. The molecule has 7 heteroatoms. The van der Waals surface area contributed by atoms with Crippen LogP contribution < -0.4 is 10.6 Å². The summed E-state index contributed by atoms with van der Waals surface area (Å²) in [6, 6.07) is 2.05. The summed E-state index contributed by atoms with van der Waals surface area (Å²) in [5.41, 5.74) is 2.04. The van der Waals surface area contributed by atoms with Crippen molar-refractivity contribution in [1.82, 2.24) is 20.4 Å². The van der Waals surface area contributed by atoms with Crippen molar-refractivity contribution in [2.75, 3.05) is 25.5 Å². The molecule has 2 N–H and O–H groups in total. The first-order valence-electron chi connectivity index (χ1n) is 7.37. The van der Waals surface area contributed by atoms with E-state index in [1.54, 1.807) is 0 Å². The first-order valence-corrected chi connectivity index (χ1v) is 7.37. The van der Waals surface area contributed by atoms with Crippen LogP contribution in [-0.2, 0) is 17.7 Å². The molecule has 1 aromatic rings. The van der Waals surface area contributed by atoms with Crippen LogP contribution >= 0.6 is 0 Å². The van der Waals surface area contributed by atoms with Gasteiger partial charge in [0.15, 0.2) is 0 Å². The second-order valence-electron chi connectivity index (χ2n) is 5.54. The van der Waals surface area contributed by atoms with E-state index < -0.39 is 0 Å². The predicted octanol–water partition coefficient (Wildman–Crippen LogP) is 0.763. The van der Waals surface area contributed by atoms with Crippen molar-refractivity contribution < 1.29 is 9.53 Å². The molecule has 1 aromatic heterocycles. The van der Waals surface area contributed by atoms with Crippen molar-refractivity contribution in [2.24, 2.45) is 0 Å². The minimum absolute atomic E-state index is 0.0224. The standard InChI is InChI=1S/C14H21N5O2/c1-9-11(4-6-21-9)16-14(20)19-5-3-12-10(8-19)7-13(15-2)18-17-12/h7,9,11H,3-6,8H2,1-2H3,(H,15,18)(H,16,20)/t9-,11-/m1/s1. The number of nitrogens with one attached hydrogen (secondary N) is 2. The van der Waals surface area contributed by atoms with Gasteiger partial charge in [0.1, 0.15) is 5.82 Å². The van der Waals surface area contributed by atoms with Crippen LogP contribution in [0.2, 0.25) is 0 Å². The number of aromatic nitrogens is 2. The van der Waals surface area contributed by atoms with Gasteiger partial charge in [-0.25, -0.2) is 4.79 Å². The fourth-order valence-electron chi connectivity index (χ4n) is 2.80. The summed E-state index contributed by atoms with van der Waals surface area (Å²) in [7, 11) is 1.81. The van der Waals surface area contributed by atoms with Gasteiger partial charge in [-0.2, -0.15) is 5.10 Å². The Bertz CT molecular complexity index is 536. The fraction of sp³-hybridized carbons (Fsp3) is 0.643. The molecule has 2 aliphatic heterocycles. The number of ether oxygens (including phenoxy) is 1. The highest BCUT2D eigenvalue weighted by molar-refractivity contribution is 5.75. The maximum Gasteiger partial charge on any atom is 0.318 e. The van der Waals surface area contributed by atoms with E-state index in [-0.39, 0.29) is 18.2 Å². The predicted molar refractivity (Wildman–Crippen MR) is 78.0 cm³/mol. The van der Waals surface area contributed by atoms with Crippen LogP contribution in [0.4, 0.5) is 10.6 Å². The van der Waals surface area contributed by atoms with Gasteiger partial charge in [-0.05, 0) is 25.0 Å². The van der Waals surface area contributed by atoms with Crippen LogP contribution in [0, 0.1) is 0 Å². The molecule has 3 rings (SSSR count). The molecule has 0 saturated carbocycles. The number of rotatable bonds is 2. The molecular weight excluding hydrogens is 270 g/mol. The van der Waals surface area contributed by atoms with Gasteiger partial charge in [-0.1, -0.05) is 0 Å². The Kier molecular flexibility index (Phi) is 3.92. The lowest BCUT2D eigenvalue weighted by atomic mass is 10.1. The van der Waals surface area contributed by atoms with E-state index in [2.05, 4.69) is 20.8 Å². The maximum atomic E-state index is 12.4. The van der Waals surface area contributed by atoms with E-state index in [1.165, 1.54) is 0 Å². The average Bonchev–Trinajstić information content (AvgIpc) is 2.91. The second-order valence-corrected chi connectivity index (χ2v) is 5.54. The molecule has 21 heavy (non-hydrogen) atoms. The molecule has 7 nitrogen and oxygen atoms in total. The van der Waals surface area contributed by atoms with Crippen LogP contribution in [0.1, 0.15) is 24.6 Å². The molecule has 0 unspecified atom stereocenters. The number of hydrogen-bond acceptors (Lipinski definition) is 5. The van der Waals surface area contributed by atoms with Crippen molar-refractivity contribution >= 4 is 11.8 Å². The lowest BCUT2D eigenvalue weighted by molar-refractivity contribution is 0.111. The summed E-state index contributed by atoms with van der Waals surface area (Å²) in [4.78, 5) is 14.2. The Morgan fingerprint density at radius 2 is 2.33 bits per heavy atom. The minimum atomic E-state index is -0.0224. The van der Waals surface area contributed by atoms with Gasteiger partial charge in [0.05, 0.1) is 17.8 Å². The zero-order chi connectivity index (χ0) is 14.8. The molecule has 1 saturated heterocycles. The fourth-order valence-corrected chi connectivity index (χ4v) is 2.80. The van der Waals surface area contributed by atoms with Gasteiger partial charge in [0, 0.05) is 33.2 Å². The molecule has 2 amide bonds. The first kappa shape index (κ1) is 14.1. The highest BCUT2D eigenvalue weighted by atomic mass is 16.5. The smallest absolute Gasteiger partial charge is 0.318 e. The molecular formula is C14H21N5O2. The summed E-state index contributed by atoms with van der Waals surface area (Å²) in [6.45, 7) is 3.97. The molecule has 1 fully saturated rings. The summed E-state index contributed by atoms with van der Waals surface area (Å²) < 4.78 is 5.48. The third-order valence-corrected chi connectivity index (χ3v) is 4.17. The number of urea groups is 1. The van der Waals surface area contributed by atoms with Crippen LogP contribution in [-0.4, -0.2) is 53.5 Å². The summed E-state index contributed by atoms with van der Waals surface area (Å²) in [5.74, 6) is 0.730. The topological polar surface area (TPSA) is 79.4 Å². The number of anilines is 1. The number of nitrogens with zero attached hydrogens (tertiary/aromatic N) is 3. The molecule has 114 valence electrons. The zero-order valence-corrected chi connectivity index (χ0v) is 12.4. The van der Waals surface area contributed by atoms with Crippen molar-refractivity contribution in [3.8, 4) is 0 Å². The van der Waals surface area contributed by atoms with E-state index in [4.69, 9.17) is 4.74 Å². The maximum absolute atomic E-state index is 12.4. The highest BCUT2D eigenvalue weighted by Crippen LogP contribution is 2.19. The van der Waals surface area contributed by atoms with Gasteiger partial charge < -0.3 is 20.3 Å². The number of amides is 2. The van der Waals surface area contributed by atoms with Crippen molar-refractivity contribution in [3.63, 3.8) is 0 Å². The molecule has 0 spiro atoms. The molecule has 2 aliphatic rings. The van der Waals surface area contributed by atoms with E-state index >= 15 is 0 Å².